The fourth-order valence-electron chi connectivity index (χ4n) is 1.53. The third-order valence-electron chi connectivity index (χ3n) is 2.37. The highest BCUT2D eigenvalue weighted by molar-refractivity contribution is 5.91. The van der Waals surface area contributed by atoms with Gasteiger partial charge in [0, 0.05) is 12.0 Å². The van der Waals surface area contributed by atoms with Gasteiger partial charge in [0.05, 0.1) is 0 Å². The van der Waals surface area contributed by atoms with E-state index in [1.54, 1.807) is 6.92 Å². The highest BCUT2D eigenvalue weighted by Crippen LogP contribution is 2.12. The minimum Gasteiger partial charge on any atom is -0.366 e. The molecule has 0 aromatic rings. The Morgan fingerprint density at radius 2 is 2.00 bits per heavy atom. The van der Waals surface area contributed by atoms with Crippen LogP contribution in [0.3, 0.4) is 0 Å². The van der Waals surface area contributed by atoms with Crippen molar-refractivity contribution >= 4 is 5.91 Å². The summed E-state index contributed by atoms with van der Waals surface area (Å²) < 4.78 is 0. The van der Waals surface area contributed by atoms with Crippen LogP contribution < -0.4 is 5.73 Å². The summed E-state index contributed by atoms with van der Waals surface area (Å²) in [5, 5.41) is 0. The molecule has 0 atom stereocenters. The molecule has 0 saturated heterocycles. The molecule has 1 amide bonds. The van der Waals surface area contributed by atoms with Crippen LogP contribution in [0.15, 0.2) is 11.6 Å². The first-order valence-corrected chi connectivity index (χ1v) is 6.46. The lowest BCUT2D eigenvalue weighted by Crippen LogP contribution is -2.15. The second-order valence-corrected chi connectivity index (χ2v) is 4.61. The van der Waals surface area contributed by atoms with Gasteiger partial charge in [-0.2, -0.15) is 0 Å². The Balaban J connectivity index is 3.93. The van der Waals surface area contributed by atoms with Gasteiger partial charge in [-0.1, -0.05) is 31.8 Å². The fraction of sp³-hybridized carbons (Fsp3) is 0.562. The number of primary amides is 1. The normalized spacial score (nSPS) is 10.3. The summed E-state index contributed by atoms with van der Waals surface area (Å²) in [6.07, 6.45) is 6.55. The summed E-state index contributed by atoms with van der Waals surface area (Å²) in [6, 6.07) is 0. The molecule has 0 aliphatic carbocycles. The van der Waals surface area contributed by atoms with Crippen LogP contribution in [-0.2, 0) is 4.79 Å². The number of amides is 1. The smallest absolute Gasteiger partial charge is 0.244 e. The standard InChI is InChI=1S/C16H23NO/c1-4-5-6-7-8-9-10-11-12-15(16(17)18)13-14(2)3/h12,14H,8-11,13H2,1-3H3,(H2,17,18). The zero-order valence-corrected chi connectivity index (χ0v) is 11.7. The first-order valence-electron chi connectivity index (χ1n) is 6.46. The second-order valence-electron chi connectivity index (χ2n) is 4.61. The van der Waals surface area contributed by atoms with Gasteiger partial charge in [-0.3, -0.25) is 4.79 Å². The molecule has 0 aromatic carbocycles. The molecular formula is C16H23NO. The molecular weight excluding hydrogens is 222 g/mol. The summed E-state index contributed by atoms with van der Waals surface area (Å²) in [7, 11) is 0. The summed E-state index contributed by atoms with van der Waals surface area (Å²) in [5.41, 5.74) is 6.09. The van der Waals surface area contributed by atoms with Crippen molar-refractivity contribution in [2.75, 3.05) is 0 Å². The van der Waals surface area contributed by atoms with Gasteiger partial charge >= 0.3 is 0 Å². The van der Waals surface area contributed by atoms with E-state index in [-0.39, 0.29) is 5.91 Å². The maximum Gasteiger partial charge on any atom is 0.244 e. The lowest BCUT2D eigenvalue weighted by Gasteiger charge is -2.06. The van der Waals surface area contributed by atoms with Gasteiger partial charge < -0.3 is 5.73 Å². The molecule has 0 saturated carbocycles. The minimum atomic E-state index is -0.290. The molecule has 0 fully saturated rings. The van der Waals surface area contributed by atoms with E-state index in [1.165, 1.54) is 0 Å². The van der Waals surface area contributed by atoms with Crippen LogP contribution in [0.4, 0.5) is 0 Å². The lowest BCUT2D eigenvalue weighted by atomic mass is 10.0. The highest BCUT2D eigenvalue weighted by atomic mass is 16.1. The van der Waals surface area contributed by atoms with E-state index >= 15 is 0 Å². The second kappa shape index (κ2) is 10.5. The van der Waals surface area contributed by atoms with Crippen molar-refractivity contribution in [3.8, 4) is 23.7 Å². The molecule has 2 nitrogen and oxygen atoms in total. The van der Waals surface area contributed by atoms with Gasteiger partial charge in [-0.05, 0) is 50.4 Å². The lowest BCUT2D eigenvalue weighted by molar-refractivity contribution is -0.114. The van der Waals surface area contributed by atoms with Crippen LogP contribution in [0.1, 0.15) is 52.9 Å². The van der Waals surface area contributed by atoms with Crippen LogP contribution in [0.2, 0.25) is 0 Å². The van der Waals surface area contributed by atoms with Gasteiger partial charge in [0.1, 0.15) is 0 Å². The number of rotatable bonds is 7. The third kappa shape index (κ3) is 9.55. The van der Waals surface area contributed by atoms with Crippen molar-refractivity contribution in [3.05, 3.63) is 11.6 Å². The van der Waals surface area contributed by atoms with Gasteiger partial charge in [-0.25, -0.2) is 0 Å². The summed E-state index contributed by atoms with van der Waals surface area (Å²) in [5.74, 6) is 11.4. The number of unbranched alkanes of at least 4 members (excludes halogenated alkanes) is 3. The highest BCUT2D eigenvalue weighted by Gasteiger charge is 2.06. The third-order valence-corrected chi connectivity index (χ3v) is 2.37. The number of hydrogen-bond donors (Lipinski definition) is 1. The van der Waals surface area contributed by atoms with Crippen molar-refractivity contribution in [1.82, 2.24) is 0 Å². The fourth-order valence-corrected chi connectivity index (χ4v) is 1.53. The molecule has 0 radical (unpaired) electrons. The molecule has 2 N–H and O–H groups in total. The van der Waals surface area contributed by atoms with Crippen molar-refractivity contribution in [1.29, 1.82) is 0 Å². The van der Waals surface area contributed by atoms with Gasteiger partial charge in [0.15, 0.2) is 0 Å². The maximum atomic E-state index is 11.2. The Morgan fingerprint density at radius 1 is 1.28 bits per heavy atom. The van der Waals surface area contributed by atoms with Crippen molar-refractivity contribution in [2.24, 2.45) is 11.7 Å². The Morgan fingerprint density at radius 3 is 2.56 bits per heavy atom. The van der Waals surface area contributed by atoms with Gasteiger partial charge in [0.2, 0.25) is 5.91 Å². The number of nitrogens with two attached hydrogens (primary N) is 1. The zero-order valence-electron chi connectivity index (χ0n) is 11.7. The Hall–Kier alpha value is -1.67. The van der Waals surface area contributed by atoms with E-state index < -0.39 is 0 Å². The van der Waals surface area contributed by atoms with E-state index in [4.69, 9.17) is 5.73 Å². The molecule has 0 unspecified atom stereocenters. The maximum absolute atomic E-state index is 11.2. The minimum absolute atomic E-state index is 0.290. The van der Waals surface area contributed by atoms with Crippen LogP contribution in [-0.4, -0.2) is 5.91 Å². The average Bonchev–Trinajstić information content (AvgIpc) is 2.30. The molecule has 0 bridgehead atoms. The topological polar surface area (TPSA) is 43.1 Å². The first kappa shape index (κ1) is 16.3. The molecule has 0 heterocycles. The number of carbonyl (C=O) groups excluding carboxylic acids is 1. The van der Waals surface area contributed by atoms with E-state index in [0.717, 1.165) is 37.7 Å². The van der Waals surface area contributed by atoms with Gasteiger partial charge in [0.25, 0.3) is 0 Å². The van der Waals surface area contributed by atoms with E-state index in [2.05, 4.69) is 37.5 Å². The molecule has 0 spiro atoms. The molecule has 0 aliphatic rings. The monoisotopic (exact) mass is 245 g/mol. The molecule has 0 rings (SSSR count). The van der Waals surface area contributed by atoms with Crippen LogP contribution in [0.5, 0.6) is 0 Å². The van der Waals surface area contributed by atoms with Crippen LogP contribution in [0.25, 0.3) is 0 Å². The molecule has 98 valence electrons. The Kier molecular flexibility index (Phi) is 9.51. The Labute approximate surface area is 111 Å². The SMILES string of the molecule is CC#CC#CCCCCC=C(CC(C)C)C(N)=O. The number of allylic oxidation sites excluding steroid dienone is 1. The predicted octanol–water partition coefficient (Wildman–Crippen LogP) is 3.03. The zero-order chi connectivity index (χ0) is 13.8. The molecule has 2 heteroatoms. The number of carbonyl (C=O) groups is 1. The van der Waals surface area contributed by atoms with Crippen molar-refractivity contribution in [3.63, 3.8) is 0 Å². The molecule has 18 heavy (non-hydrogen) atoms. The summed E-state index contributed by atoms with van der Waals surface area (Å²) in [6.45, 7) is 5.95. The average molecular weight is 245 g/mol. The van der Waals surface area contributed by atoms with Crippen molar-refractivity contribution < 1.29 is 4.79 Å². The van der Waals surface area contributed by atoms with Crippen LogP contribution >= 0.6 is 0 Å². The predicted molar refractivity (Wildman–Crippen MR) is 76.4 cm³/mol. The summed E-state index contributed by atoms with van der Waals surface area (Å²) in [4.78, 5) is 11.2. The summed E-state index contributed by atoms with van der Waals surface area (Å²) >= 11 is 0. The largest absolute Gasteiger partial charge is 0.366 e. The quantitative estimate of drug-likeness (QED) is 0.418. The van der Waals surface area contributed by atoms with E-state index in [0.29, 0.717) is 5.92 Å². The molecule has 0 aliphatic heterocycles. The van der Waals surface area contributed by atoms with E-state index in [9.17, 15) is 4.79 Å². The Bertz CT molecular complexity index is 396. The van der Waals surface area contributed by atoms with Crippen LogP contribution in [0, 0.1) is 29.6 Å². The van der Waals surface area contributed by atoms with E-state index in [1.807, 2.05) is 6.08 Å². The first-order chi connectivity index (χ1) is 8.57. The van der Waals surface area contributed by atoms with Crippen molar-refractivity contribution in [2.45, 2.75) is 52.9 Å². The number of hydrogen-bond acceptors (Lipinski definition) is 1. The van der Waals surface area contributed by atoms with Gasteiger partial charge in [-0.15, -0.1) is 0 Å². The molecule has 0 aromatic heterocycles.